The molecule has 0 saturated heterocycles. The Bertz CT molecular complexity index is 254. The molecule has 0 aromatic heterocycles. The van der Waals surface area contributed by atoms with Crippen molar-refractivity contribution in [2.75, 3.05) is 6.61 Å². The lowest BCUT2D eigenvalue weighted by molar-refractivity contribution is -0.178. The van der Waals surface area contributed by atoms with E-state index in [-0.39, 0.29) is 6.61 Å². The SMILES string of the molecule is CCOC(=O)C(=O)OC(=O)C(=O)O. The number of carboxylic acid groups (broad SMARTS) is 1. The Morgan fingerprint density at radius 2 is 1.62 bits per heavy atom. The molecular weight excluding hydrogens is 184 g/mol. The minimum absolute atomic E-state index is 0.0742. The lowest BCUT2D eigenvalue weighted by Crippen LogP contribution is -2.27. The van der Waals surface area contributed by atoms with E-state index in [1.807, 2.05) is 0 Å². The van der Waals surface area contributed by atoms with Crippen LogP contribution in [0.4, 0.5) is 0 Å². The van der Waals surface area contributed by atoms with E-state index in [4.69, 9.17) is 5.11 Å². The average molecular weight is 190 g/mol. The van der Waals surface area contributed by atoms with Gasteiger partial charge in [-0.15, -0.1) is 0 Å². The smallest absolute Gasteiger partial charge is 0.425 e. The molecule has 0 atom stereocenters. The van der Waals surface area contributed by atoms with Gasteiger partial charge in [-0.3, -0.25) is 0 Å². The number of hydrogen-bond acceptors (Lipinski definition) is 6. The van der Waals surface area contributed by atoms with Crippen molar-refractivity contribution in [2.24, 2.45) is 0 Å². The van der Waals surface area contributed by atoms with Gasteiger partial charge in [0.25, 0.3) is 0 Å². The van der Waals surface area contributed by atoms with Crippen molar-refractivity contribution in [3.8, 4) is 0 Å². The molecule has 0 heterocycles. The average Bonchev–Trinajstić information content (AvgIpc) is 2.04. The molecule has 0 rings (SSSR count). The topological polar surface area (TPSA) is 107 Å². The summed E-state index contributed by atoms with van der Waals surface area (Å²) in [5.41, 5.74) is 0. The summed E-state index contributed by atoms with van der Waals surface area (Å²) < 4.78 is 7.70. The van der Waals surface area contributed by atoms with Crippen LogP contribution in [0.15, 0.2) is 0 Å². The van der Waals surface area contributed by atoms with E-state index in [0.29, 0.717) is 0 Å². The summed E-state index contributed by atoms with van der Waals surface area (Å²) in [7, 11) is 0. The summed E-state index contributed by atoms with van der Waals surface area (Å²) in [6.45, 7) is 1.36. The van der Waals surface area contributed by atoms with Gasteiger partial charge in [0.1, 0.15) is 0 Å². The summed E-state index contributed by atoms with van der Waals surface area (Å²) in [4.78, 5) is 41.0. The van der Waals surface area contributed by atoms with Gasteiger partial charge in [0.2, 0.25) is 0 Å². The highest BCUT2D eigenvalue weighted by atomic mass is 16.6. The van der Waals surface area contributed by atoms with Crippen LogP contribution < -0.4 is 0 Å². The van der Waals surface area contributed by atoms with E-state index in [0.717, 1.165) is 0 Å². The Balaban J connectivity index is 4.08. The van der Waals surface area contributed by atoms with Crippen LogP contribution in [0, 0.1) is 0 Å². The highest BCUT2D eigenvalue weighted by Crippen LogP contribution is 1.86. The molecule has 0 saturated carbocycles. The first-order chi connectivity index (χ1) is 5.99. The first kappa shape index (κ1) is 11.1. The highest BCUT2D eigenvalue weighted by Gasteiger charge is 2.24. The normalized spacial score (nSPS) is 8.69. The Hall–Kier alpha value is -1.92. The van der Waals surface area contributed by atoms with Crippen LogP contribution in [0.3, 0.4) is 0 Å². The van der Waals surface area contributed by atoms with E-state index < -0.39 is 23.9 Å². The van der Waals surface area contributed by atoms with Crippen LogP contribution in [0.5, 0.6) is 0 Å². The number of ether oxygens (including phenoxy) is 2. The summed E-state index contributed by atoms with van der Waals surface area (Å²) >= 11 is 0. The zero-order valence-electron chi connectivity index (χ0n) is 6.60. The van der Waals surface area contributed by atoms with Crippen LogP contribution in [0.2, 0.25) is 0 Å². The third-order valence-electron chi connectivity index (χ3n) is 0.802. The maximum absolute atomic E-state index is 10.5. The molecule has 0 amide bonds. The molecule has 13 heavy (non-hydrogen) atoms. The van der Waals surface area contributed by atoms with Crippen LogP contribution in [0.25, 0.3) is 0 Å². The highest BCUT2D eigenvalue weighted by molar-refractivity contribution is 6.38. The molecule has 0 aliphatic rings. The fourth-order valence-corrected chi connectivity index (χ4v) is 0.360. The third-order valence-corrected chi connectivity index (χ3v) is 0.802. The van der Waals surface area contributed by atoms with Crippen molar-refractivity contribution in [1.82, 2.24) is 0 Å². The van der Waals surface area contributed by atoms with Crippen molar-refractivity contribution in [2.45, 2.75) is 6.92 Å². The number of aliphatic carboxylic acids is 1. The molecule has 0 spiro atoms. The number of carboxylic acids is 1. The van der Waals surface area contributed by atoms with Gasteiger partial charge in [-0.2, -0.15) is 0 Å². The van der Waals surface area contributed by atoms with Gasteiger partial charge in [-0.05, 0) is 6.92 Å². The van der Waals surface area contributed by atoms with Crippen LogP contribution >= 0.6 is 0 Å². The summed E-state index contributed by atoms with van der Waals surface area (Å²) in [5, 5.41) is 7.96. The molecule has 0 fully saturated rings. The first-order valence-corrected chi connectivity index (χ1v) is 3.15. The maximum Gasteiger partial charge on any atom is 0.425 e. The quantitative estimate of drug-likeness (QED) is 0.311. The second-order valence-corrected chi connectivity index (χ2v) is 1.70. The van der Waals surface area contributed by atoms with Crippen molar-refractivity contribution >= 4 is 23.9 Å². The molecular formula is C6H6O7. The Morgan fingerprint density at radius 3 is 2.00 bits per heavy atom. The van der Waals surface area contributed by atoms with Gasteiger partial charge >= 0.3 is 23.9 Å². The predicted molar refractivity (Wildman–Crippen MR) is 35.4 cm³/mol. The summed E-state index contributed by atoms with van der Waals surface area (Å²) in [6, 6.07) is 0. The van der Waals surface area contributed by atoms with Crippen molar-refractivity contribution in [3.63, 3.8) is 0 Å². The van der Waals surface area contributed by atoms with Gasteiger partial charge in [0, 0.05) is 0 Å². The van der Waals surface area contributed by atoms with E-state index >= 15 is 0 Å². The lowest BCUT2D eigenvalue weighted by Gasteiger charge is -1.98. The number of carbonyl (C=O) groups is 4. The summed E-state index contributed by atoms with van der Waals surface area (Å²) in [6.07, 6.45) is 0. The van der Waals surface area contributed by atoms with E-state index in [1.54, 1.807) is 0 Å². The number of esters is 3. The van der Waals surface area contributed by atoms with E-state index in [1.165, 1.54) is 6.92 Å². The predicted octanol–water partition coefficient (Wildman–Crippen LogP) is -1.30. The molecule has 1 N–H and O–H groups in total. The van der Waals surface area contributed by atoms with Crippen molar-refractivity contribution in [3.05, 3.63) is 0 Å². The minimum atomic E-state index is -1.96. The van der Waals surface area contributed by atoms with Crippen LogP contribution in [-0.2, 0) is 28.7 Å². The van der Waals surface area contributed by atoms with Gasteiger partial charge in [0.15, 0.2) is 0 Å². The Morgan fingerprint density at radius 1 is 1.08 bits per heavy atom. The zero-order chi connectivity index (χ0) is 10.4. The van der Waals surface area contributed by atoms with Gasteiger partial charge in [-0.1, -0.05) is 0 Å². The molecule has 7 heteroatoms. The first-order valence-electron chi connectivity index (χ1n) is 3.15. The Labute approximate surface area is 72.2 Å². The van der Waals surface area contributed by atoms with Crippen molar-refractivity contribution < 1.29 is 33.8 Å². The Kier molecular flexibility index (Phi) is 4.14. The van der Waals surface area contributed by atoms with Gasteiger partial charge in [-0.25, -0.2) is 19.2 Å². The largest absolute Gasteiger partial charge is 0.473 e. The molecule has 0 radical (unpaired) electrons. The van der Waals surface area contributed by atoms with E-state index in [2.05, 4.69) is 9.47 Å². The fourth-order valence-electron chi connectivity index (χ4n) is 0.360. The maximum atomic E-state index is 10.5. The molecule has 0 unspecified atom stereocenters. The van der Waals surface area contributed by atoms with E-state index in [9.17, 15) is 19.2 Å². The molecule has 0 aromatic carbocycles. The standard InChI is InChI=1S/C6H6O7/c1-2-12-5(10)6(11)13-4(9)3(7)8/h2H2,1H3,(H,7,8). The van der Waals surface area contributed by atoms with Crippen LogP contribution in [0.1, 0.15) is 6.92 Å². The summed E-state index contributed by atoms with van der Waals surface area (Å²) in [5.74, 6) is -6.83. The molecule has 0 aliphatic carbocycles. The zero-order valence-corrected chi connectivity index (χ0v) is 6.60. The second kappa shape index (κ2) is 4.86. The monoisotopic (exact) mass is 190 g/mol. The molecule has 0 aliphatic heterocycles. The van der Waals surface area contributed by atoms with Crippen molar-refractivity contribution in [1.29, 1.82) is 0 Å². The van der Waals surface area contributed by atoms with Gasteiger partial charge < -0.3 is 14.6 Å². The molecule has 0 bridgehead atoms. The number of hydrogen-bond donors (Lipinski definition) is 1. The van der Waals surface area contributed by atoms with Gasteiger partial charge in [0.05, 0.1) is 6.61 Å². The van der Waals surface area contributed by atoms with Crippen LogP contribution in [-0.4, -0.2) is 35.6 Å². The third kappa shape index (κ3) is 3.85. The minimum Gasteiger partial charge on any atom is -0.473 e. The fraction of sp³-hybridized carbons (Fsp3) is 0.333. The number of carbonyl (C=O) groups excluding carboxylic acids is 3. The second-order valence-electron chi connectivity index (χ2n) is 1.70. The molecule has 7 nitrogen and oxygen atoms in total. The molecule has 72 valence electrons. The molecule has 0 aromatic rings. The number of rotatable bonds is 1. The lowest BCUT2D eigenvalue weighted by atomic mass is 10.6.